The third kappa shape index (κ3) is 2.48. The van der Waals surface area contributed by atoms with Gasteiger partial charge in [-0.25, -0.2) is 10.9 Å². The molecule has 6 heteroatoms. The Kier molecular flexibility index (Phi) is 3.61. The average Bonchev–Trinajstić information content (AvgIpc) is 2.35. The number of Topliss-reactive ketones (excluding diaryl/α,β-unsaturated/α-hetero) is 1. The fourth-order valence-electron chi connectivity index (χ4n) is 1.90. The minimum atomic E-state index is -3.95. The van der Waals surface area contributed by atoms with Crippen molar-refractivity contribution in [1.29, 1.82) is 0 Å². The molecule has 2 rings (SSSR count). The van der Waals surface area contributed by atoms with Gasteiger partial charge in [-0.2, -0.15) is 0 Å². The summed E-state index contributed by atoms with van der Waals surface area (Å²) in [6.07, 6.45) is 0. The van der Waals surface area contributed by atoms with Crippen LogP contribution in [0.15, 0.2) is 30.3 Å². The first-order chi connectivity index (χ1) is 8.91. The zero-order chi connectivity index (χ0) is 14.2. The molecule has 0 heterocycles. The first-order valence-corrected chi connectivity index (χ1v) is 8.12. The van der Waals surface area contributed by atoms with E-state index in [4.69, 9.17) is 5.11 Å². The predicted octanol–water partition coefficient (Wildman–Crippen LogP) is 3.11. The number of halogens is 1. The van der Waals surface area contributed by atoms with E-state index in [1.165, 1.54) is 19.1 Å². The lowest BCUT2D eigenvalue weighted by molar-refractivity contribution is 0.0695. The molecule has 0 spiro atoms. The van der Waals surface area contributed by atoms with E-state index in [1.54, 1.807) is 18.2 Å². The quantitative estimate of drug-likeness (QED) is 0.661. The van der Waals surface area contributed by atoms with Crippen LogP contribution >= 0.6 is 19.8 Å². The molecule has 0 aliphatic heterocycles. The maximum Gasteiger partial charge on any atom is 0.341 e. The van der Waals surface area contributed by atoms with E-state index in [0.29, 0.717) is 16.3 Å². The zero-order valence-electron chi connectivity index (χ0n) is 9.84. The van der Waals surface area contributed by atoms with E-state index in [0.717, 1.165) is 0 Å². The van der Waals surface area contributed by atoms with Gasteiger partial charge in [-0.3, -0.25) is 4.79 Å². The summed E-state index contributed by atoms with van der Waals surface area (Å²) in [6, 6.07) is 7.43. The number of carboxylic acid groups (broad SMARTS) is 1. The lowest BCUT2D eigenvalue weighted by atomic mass is 10.00. The molecular formula is C13H9IO5. The molecule has 0 unspecified atom stereocenters. The van der Waals surface area contributed by atoms with E-state index in [2.05, 4.69) is 0 Å². The Hall–Kier alpha value is -1.83. The summed E-state index contributed by atoms with van der Waals surface area (Å²) in [5, 5.41) is 10.0. The second-order valence-corrected chi connectivity index (χ2v) is 6.34. The average molecular weight is 372 g/mol. The highest BCUT2D eigenvalue weighted by atomic mass is 127. The summed E-state index contributed by atoms with van der Waals surface area (Å²) in [6.45, 7) is 1.38. The monoisotopic (exact) mass is 372 g/mol. The van der Waals surface area contributed by atoms with Crippen LogP contribution in [0.25, 0.3) is 10.8 Å². The number of fused-ring (bicyclic) bond motifs is 1. The molecule has 0 amide bonds. The molecule has 0 atom stereocenters. The molecule has 0 aliphatic rings. The molecule has 0 fully saturated rings. The lowest BCUT2D eigenvalue weighted by Gasteiger charge is -2.06. The van der Waals surface area contributed by atoms with Crippen LogP contribution in [0.1, 0.15) is 27.6 Å². The zero-order valence-corrected chi connectivity index (χ0v) is 12.0. The van der Waals surface area contributed by atoms with Gasteiger partial charge >= 0.3 is 25.8 Å². The number of carbonyl (C=O) groups excluding carboxylic acids is 1. The van der Waals surface area contributed by atoms with Crippen molar-refractivity contribution in [1.82, 2.24) is 0 Å². The Labute approximate surface area is 115 Å². The van der Waals surface area contributed by atoms with Gasteiger partial charge in [-0.15, -0.1) is 0 Å². The van der Waals surface area contributed by atoms with Crippen molar-refractivity contribution >= 4 is 42.3 Å². The second kappa shape index (κ2) is 5.04. The highest BCUT2D eigenvalue weighted by Gasteiger charge is 2.17. The predicted molar refractivity (Wildman–Crippen MR) is 75.0 cm³/mol. The van der Waals surface area contributed by atoms with E-state index in [9.17, 15) is 15.7 Å². The summed E-state index contributed by atoms with van der Waals surface area (Å²) in [5.41, 5.74) is 0.136. The van der Waals surface area contributed by atoms with Crippen molar-refractivity contribution in [3.8, 4) is 0 Å². The van der Waals surface area contributed by atoms with Gasteiger partial charge in [0.2, 0.25) is 0 Å². The van der Waals surface area contributed by atoms with Crippen molar-refractivity contribution in [2.45, 2.75) is 6.92 Å². The molecule has 0 bridgehead atoms. The van der Waals surface area contributed by atoms with Gasteiger partial charge in [0.15, 0.2) is 5.78 Å². The van der Waals surface area contributed by atoms with Crippen LogP contribution in [0, 0.1) is 3.57 Å². The third-order valence-electron chi connectivity index (χ3n) is 2.74. The number of hydrogen-bond acceptors (Lipinski definition) is 4. The summed E-state index contributed by atoms with van der Waals surface area (Å²) < 4.78 is 22.3. The number of carbonyl (C=O) groups is 2. The number of ketones is 1. The molecule has 2 aromatic rings. The van der Waals surface area contributed by atoms with Gasteiger partial charge in [-0.1, -0.05) is 18.2 Å². The molecule has 0 aromatic heterocycles. The van der Waals surface area contributed by atoms with E-state index >= 15 is 0 Å². The minimum Gasteiger partial charge on any atom is -0.478 e. The normalized spacial score (nSPS) is 10.8. The fraction of sp³-hybridized carbons (Fsp3) is 0.0769. The molecule has 0 radical (unpaired) electrons. The number of carboxylic acids is 1. The largest absolute Gasteiger partial charge is 0.478 e. The number of rotatable bonds is 3. The van der Waals surface area contributed by atoms with Crippen LogP contribution in [-0.2, 0) is 6.14 Å². The first-order valence-electron chi connectivity index (χ1n) is 5.28. The maximum atomic E-state index is 11.5. The fourth-order valence-corrected chi connectivity index (χ4v) is 3.32. The Morgan fingerprint density at radius 2 is 1.79 bits per heavy atom. The highest BCUT2D eigenvalue weighted by molar-refractivity contribution is 14.2. The maximum absolute atomic E-state index is 11.5. The Balaban J connectivity index is 2.93. The summed E-state index contributed by atoms with van der Waals surface area (Å²) in [4.78, 5) is 22.6. The van der Waals surface area contributed by atoms with E-state index < -0.39 is 25.8 Å². The SMILES string of the molecule is CC(=O)c1cccc2cc(C(=O)O)c(I(=O)=O)cc12. The topological polar surface area (TPSA) is 88.5 Å². The van der Waals surface area contributed by atoms with Gasteiger partial charge < -0.3 is 5.11 Å². The van der Waals surface area contributed by atoms with Gasteiger partial charge in [0.05, 0.1) is 9.13 Å². The molecule has 98 valence electrons. The summed E-state index contributed by atoms with van der Waals surface area (Å²) >= 11 is -3.95. The van der Waals surface area contributed by atoms with E-state index in [-0.39, 0.29) is 14.9 Å². The number of aromatic carboxylic acids is 1. The van der Waals surface area contributed by atoms with Crippen LogP contribution in [0.4, 0.5) is 0 Å². The third-order valence-corrected chi connectivity index (χ3v) is 4.59. The molecular weight excluding hydrogens is 363 g/mol. The summed E-state index contributed by atoms with van der Waals surface area (Å²) in [7, 11) is 0. The van der Waals surface area contributed by atoms with Crippen LogP contribution in [0.2, 0.25) is 0 Å². The minimum absolute atomic E-state index is 0.196. The lowest BCUT2D eigenvalue weighted by Crippen LogP contribution is -2.02. The van der Waals surface area contributed by atoms with Crippen molar-refractivity contribution in [3.63, 3.8) is 0 Å². The van der Waals surface area contributed by atoms with Gasteiger partial charge in [0, 0.05) is 5.56 Å². The van der Waals surface area contributed by atoms with Gasteiger partial charge in [0.1, 0.15) is 0 Å². The number of benzene rings is 2. The first kappa shape index (κ1) is 13.6. The molecule has 0 aliphatic carbocycles. The van der Waals surface area contributed by atoms with Crippen LogP contribution < -0.4 is 0 Å². The summed E-state index contributed by atoms with van der Waals surface area (Å²) in [5.74, 6) is -1.49. The van der Waals surface area contributed by atoms with Gasteiger partial charge in [0.25, 0.3) is 0 Å². The standard InChI is InChI=1S/C13H9IO5/c1-7(15)9-4-2-3-8-5-11(13(16)17)12(14(18)19)6-10(8)9/h2-6H,1H3,(H,16,17). The molecule has 0 saturated carbocycles. The molecule has 2 aromatic carbocycles. The molecule has 0 saturated heterocycles. The molecule has 5 nitrogen and oxygen atoms in total. The van der Waals surface area contributed by atoms with Gasteiger partial charge in [-0.05, 0) is 29.8 Å². The number of hydrogen-bond donors (Lipinski definition) is 1. The second-order valence-electron chi connectivity index (χ2n) is 3.94. The molecule has 1 N–H and O–H groups in total. The highest BCUT2D eigenvalue weighted by Crippen LogP contribution is 2.29. The van der Waals surface area contributed by atoms with Crippen LogP contribution in [-0.4, -0.2) is 16.9 Å². The Bertz CT molecular complexity index is 766. The van der Waals surface area contributed by atoms with Crippen molar-refractivity contribution < 1.29 is 20.8 Å². The smallest absolute Gasteiger partial charge is 0.341 e. The van der Waals surface area contributed by atoms with Crippen molar-refractivity contribution in [2.75, 3.05) is 0 Å². The Morgan fingerprint density at radius 1 is 1.11 bits per heavy atom. The van der Waals surface area contributed by atoms with E-state index in [1.807, 2.05) is 0 Å². The van der Waals surface area contributed by atoms with Crippen molar-refractivity contribution in [3.05, 3.63) is 45.0 Å². The molecule has 19 heavy (non-hydrogen) atoms. The van der Waals surface area contributed by atoms with Crippen LogP contribution in [0.3, 0.4) is 0 Å². The van der Waals surface area contributed by atoms with Crippen LogP contribution in [0.5, 0.6) is 0 Å². The van der Waals surface area contributed by atoms with Crippen molar-refractivity contribution in [2.24, 2.45) is 0 Å². The Morgan fingerprint density at radius 3 is 2.32 bits per heavy atom.